The van der Waals surface area contributed by atoms with Gasteiger partial charge in [0.15, 0.2) is 0 Å². The van der Waals surface area contributed by atoms with Crippen LogP contribution < -0.4 is 4.74 Å². The van der Waals surface area contributed by atoms with E-state index in [0.29, 0.717) is 18.4 Å². The van der Waals surface area contributed by atoms with E-state index in [1.165, 1.54) is 18.9 Å². The van der Waals surface area contributed by atoms with Gasteiger partial charge in [-0.2, -0.15) is 0 Å². The zero-order chi connectivity index (χ0) is 13.2. The Morgan fingerprint density at radius 3 is 3.05 bits per heavy atom. The number of nitrogens with zero attached hydrogens (tertiary/aromatic N) is 2. The number of carboxylic acids is 1. The molecule has 1 N–H and O–H groups in total. The molecule has 0 spiro atoms. The van der Waals surface area contributed by atoms with E-state index in [4.69, 9.17) is 9.84 Å². The fourth-order valence-electron chi connectivity index (χ4n) is 2.00. The van der Waals surface area contributed by atoms with E-state index in [1.807, 2.05) is 6.33 Å². The molecule has 0 amide bonds. The summed E-state index contributed by atoms with van der Waals surface area (Å²) < 4.78 is 7.76. The first kappa shape index (κ1) is 11.8. The average Bonchev–Trinajstić information content (AvgIpc) is 3.16. The molecule has 98 valence electrons. The standard InChI is InChI=1S/C14H14N2O3/c17-14(18)10-2-1-3-13(6-10)19-8-12-7-15-9-16(12)11-4-5-11/h1-3,6-7,9,11H,4-5,8H2,(H,17,18). The number of hydrogen-bond acceptors (Lipinski definition) is 3. The lowest BCUT2D eigenvalue weighted by Gasteiger charge is -2.09. The predicted octanol–water partition coefficient (Wildman–Crippen LogP) is 2.50. The lowest BCUT2D eigenvalue weighted by atomic mass is 10.2. The van der Waals surface area contributed by atoms with Crippen LogP contribution in [0.15, 0.2) is 36.8 Å². The van der Waals surface area contributed by atoms with E-state index in [0.717, 1.165) is 5.69 Å². The summed E-state index contributed by atoms with van der Waals surface area (Å²) in [6.07, 6.45) is 6.00. The van der Waals surface area contributed by atoms with E-state index < -0.39 is 5.97 Å². The number of carbonyl (C=O) groups is 1. The third-order valence-electron chi connectivity index (χ3n) is 3.15. The molecule has 19 heavy (non-hydrogen) atoms. The van der Waals surface area contributed by atoms with Crippen molar-refractivity contribution in [3.63, 3.8) is 0 Å². The summed E-state index contributed by atoms with van der Waals surface area (Å²) in [4.78, 5) is 15.0. The lowest BCUT2D eigenvalue weighted by molar-refractivity contribution is 0.0696. The number of hydrogen-bond donors (Lipinski definition) is 1. The molecular formula is C14H14N2O3. The Hall–Kier alpha value is -2.30. The van der Waals surface area contributed by atoms with E-state index in [2.05, 4.69) is 9.55 Å². The van der Waals surface area contributed by atoms with Crippen molar-refractivity contribution >= 4 is 5.97 Å². The van der Waals surface area contributed by atoms with E-state index in [1.54, 1.807) is 24.4 Å². The van der Waals surface area contributed by atoms with Crippen LogP contribution in [0.4, 0.5) is 0 Å². The second-order valence-electron chi connectivity index (χ2n) is 4.65. The highest BCUT2D eigenvalue weighted by molar-refractivity contribution is 5.87. The second-order valence-corrected chi connectivity index (χ2v) is 4.65. The Morgan fingerprint density at radius 1 is 1.47 bits per heavy atom. The fraction of sp³-hybridized carbons (Fsp3) is 0.286. The van der Waals surface area contributed by atoms with Gasteiger partial charge >= 0.3 is 5.97 Å². The molecule has 1 aromatic carbocycles. The lowest BCUT2D eigenvalue weighted by Crippen LogP contribution is -2.04. The third-order valence-corrected chi connectivity index (χ3v) is 3.15. The molecule has 0 bridgehead atoms. The van der Waals surface area contributed by atoms with Gasteiger partial charge in [0, 0.05) is 6.04 Å². The first-order chi connectivity index (χ1) is 9.24. The largest absolute Gasteiger partial charge is 0.487 e. The van der Waals surface area contributed by atoms with Gasteiger partial charge in [0.05, 0.1) is 23.8 Å². The van der Waals surface area contributed by atoms with Crippen molar-refractivity contribution in [3.05, 3.63) is 48.0 Å². The summed E-state index contributed by atoms with van der Waals surface area (Å²) >= 11 is 0. The average molecular weight is 258 g/mol. The molecule has 0 unspecified atom stereocenters. The molecule has 1 fully saturated rings. The molecule has 0 aliphatic heterocycles. The molecule has 0 atom stereocenters. The van der Waals surface area contributed by atoms with Crippen molar-refractivity contribution in [1.82, 2.24) is 9.55 Å². The molecule has 0 radical (unpaired) electrons. The monoisotopic (exact) mass is 258 g/mol. The van der Waals surface area contributed by atoms with Crippen molar-refractivity contribution in [2.75, 3.05) is 0 Å². The van der Waals surface area contributed by atoms with Crippen LogP contribution >= 0.6 is 0 Å². The van der Waals surface area contributed by atoms with Crippen molar-refractivity contribution < 1.29 is 14.6 Å². The third kappa shape index (κ3) is 2.59. The van der Waals surface area contributed by atoms with Crippen molar-refractivity contribution in [1.29, 1.82) is 0 Å². The van der Waals surface area contributed by atoms with Crippen LogP contribution in [0.5, 0.6) is 5.75 Å². The number of aromatic carboxylic acids is 1. The molecule has 1 aliphatic carbocycles. The summed E-state index contributed by atoms with van der Waals surface area (Å²) in [5.74, 6) is -0.392. The summed E-state index contributed by atoms with van der Waals surface area (Å²) in [5.41, 5.74) is 1.25. The highest BCUT2D eigenvalue weighted by atomic mass is 16.5. The van der Waals surface area contributed by atoms with E-state index in [9.17, 15) is 4.79 Å². The molecule has 5 nitrogen and oxygen atoms in total. The Labute approximate surface area is 110 Å². The number of aromatic nitrogens is 2. The van der Waals surface area contributed by atoms with Crippen LogP contribution in [0.2, 0.25) is 0 Å². The van der Waals surface area contributed by atoms with Crippen LogP contribution in [-0.2, 0) is 6.61 Å². The highest BCUT2D eigenvalue weighted by Gasteiger charge is 2.25. The van der Waals surface area contributed by atoms with Crippen LogP contribution in [0.3, 0.4) is 0 Å². The van der Waals surface area contributed by atoms with Crippen molar-refractivity contribution in [2.24, 2.45) is 0 Å². The molecule has 1 aliphatic rings. The van der Waals surface area contributed by atoms with Crippen LogP contribution in [0, 0.1) is 0 Å². The predicted molar refractivity (Wildman–Crippen MR) is 68.2 cm³/mol. The summed E-state index contributed by atoms with van der Waals surface area (Å²) in [6, 6.07) is 7.07. The number of carboxylic acid groups (broad SMARTS) is 1. The first-order valence-electron chi connectivity index (χ1n) is 6.21. The zero-order valence-corrected chi connectivity index (χ0v) is 10.3. The van der Waals surface area contributed by atoms with E-state index >= 15 is 0 Å². The van der Waals surface area contributed by atoms with Gasteiger partial charge in [0.25, 0.3) is 0 Å². The van der Waals surface area contributed by atoms with Gasteiger partial charge in [0.1, 0.15) is 12.4 Å². The van der Waals surface area contributed by atoms with Gasteiger partial charge < -0.3 is 14.4 Å². The topological polar surface area (TPSA) is 64.3 Å². The Bertz CT molecular complexity index is 602. The Kier molecular flexibility index (Phi) is 2.95. The molecule has 5 heteroatoms. The molecule has 1 saturated carbocycles. The minimum atomic E-state index is -0.950. The second kappa shape index (κ2) is 4.76. The van der Waals surface area contributed by atoms with Crippen LogP contribution in [-0.4, -0.2) is 20.6 Å². The molecule has 3 rings (SSSR count). The quantitative estimate of drug-likeness (QED) is 0.894. The van der Waals surface area contributed by atoms with Gasteiger partial charge in [-0.25, -0.2) is 9.78 Å². The maximum Gasteiger partial charge on any atom is 0.335 e. The minimum Gasteiger partial charge on any atom is -0.487 e. The van der Waals surface area contributed by atoms with Crippen molar-refractivity contribution in [3.8, 4) is 5.75 Å². The number of benzene rings is 1. The van der Waals surface area contributed by atoms with E-state index in [-0.39, 0.29) is 5.56 Å². The summed E-state index contributed by atoms with van der Waals surface area (Å²) in [6.45, 7) is 0.402. The summed E-state index contributed by atoms with van der Waals surface area (Å²) in [5, 5.41) is 8.92. The molecular weight excluding hydrogens is 244 g/mol. The molecule has 1 aromatic heterocycles. The van der Waals surface area contributed by atoms with Gasteiger partial charge in [-0.3, -0.25) is 0 Å². The minimum absolute atomic E-state index is 0.230. The maximum absolute atomic E-state index is 10.9. The molecule has 1 heterocycles. The van der Waals surface area contributed by atoms with Crippen LogP contribution in [0.1, 0.15) is 34.9 Å². The van der Waals surface area contributed by atoms with Crippen molar-refractivity contribution in [2.45, 2.75) is 25.5 Å². The fourth-order valence-corrected chi connectivity index (χ4v) is 2.00. The Balaban J connectivity index is 1.70. The number of rotatable bonds is 5. The molecule has 0 saturated heterocycles. The first-order valence-corrected chi connectivity index (χ1v) is 6.21. The highest BCUT2D eigenvalue weighted by Crippen LogP contribution is 2.35. The number of imidazole rings is 1. The maximum atomic E-state index is 10.9. The normalized spacial score (nSPS) is 14.3. The zero-order valence-electron chi connectivity index (χ0n) is 10.3. The van der Waals surface area contributed by atoms with Gasteiger partial charge in [0.2, 0.25) is 0 Å². The molecule has 2 aromatic rings. The SMILES string of the molecule is O=C(O)c1cccc(OCc2cncn2C2CC2)c1. The van der Waals surface area contributed by atoms with Gasteiger partial charge in [-0.15, -0.1) is 0 Å². The number of ether oxygens (including phenoxy) is 1. The van der Waals surface area contributed by atoms with Gasteiger partial charge in [-0.05, 0) is 31.0 Å². The van der Waals surface area contributed by atoms with Gasteiger partial charge in [-0.1, -0.05) is 6.07 Å². The summed E-state index contributed by atoms with van der Waals surface area (Å²) in [7, 11) is 0. The Morgan fingerprint density at radius 2 is 2.32 bits per heavy atom. The van der Waals surface area contributed by atoms with Crippen LogP contribution in [0.25, 0.3) is 0 Å². The smallest absolute Gasteiger partial charge is 0.335 e.